The zero-order chi connectivity index (χ0) is 14.4. The van der Waals surface area contributed by atoms with Crippen LogP contribution in [-0.2, 0) is 4.74 Å². The molecule has 5 heteroatoms. The number of carbonyl (C=O) groups is 1. The average molecular weight is 278 g/mol. The topological polar surface area (TPSA) is 64.8 Å². The van der Waals surface area contributed by atoms with Gasteiger partial charge in [0.05, 0.1) is 6.61 Å². The largest absolute Gasteiger partial charge is 0.493 e. The molecule has 1 fully saturated rings. The van der Waals surface area contributed by atoms with E-state index >= 15 is 0 Å². The van der Waals surface area contributed by atoms with E-state index in [2.05, 4.69) is 0 Å². The van der Waals surface area contributed by atoms with E-state index in [9.17, 15) is 4.79 Å². The Morgan fingerprint density at radius 1 is 1.45 bits per heavy atom. The molecule has 1 heterocycles. The number of likely N-dealkylation sites (tertiary alicyclic amines) is 1. The van der Waals surface area contributed by atoms with Crippen LogP contribution in [0.3, 0.4) is 0 Å². The van der Waals surface area contributed by atoms with Crippen LogP contribution >= 0.6 is 0 Å². The number of nitrogens with two attached hydrogens (primary N) is 1. The second kappa shape index (κ2) is 7.26. The molecule has 1 aliphatic rings. The number of nitrogens with zero attached hydrogens (tertiary/aromatic N) is 1. The van der Waals surface area contributed by atoms with E-state index in [1.165, 1.54) is 0 Å². The highest BCUT2D eigenvalue weighted by Gasteiger charge is 2.24. The zero-order valence-electron chi connectivity index (χ0n) is 11.9. The third-order valence-electron chi connectivity index (χ3n) is 3.35. The quantitative estimate of drug-likeness (QED) is 0.796. The Morgan fingerprint density at radius 3 is 3.00 bits per heavy atom. The molecule has 1 atom stereocenters. The molecule has 1 amide bonds. The van der Waals surface area contributed by atoms with E-state index in [0.717, 1.165) is 25.1 Å². The molecule has 110 valence electrons. The molecule has 0 unspecified atom stereocenters. The van der Waals surface area contributed by atoms with Gasteiger partial charge in [-0.3, -0.25) is 4.79 Å². The summed E-state index contributed by atoms with van der Waals surface area (Å²) in [6.07, 6.45) is 1.70. The molecule has 0 radical (unpaired) electrons. The Kier molecular flexibility index (Phi) is 5.38. The van der Waals surface area contributed by atoms with E-state index in [1.54, 1.807) is 18.1 Å². The first-order valence-corrected chi connectivity index (χ1v) is 6.97. The second-order valence-electron chi connectivity index (χ2n) is 5.02. The zero-order valence-corrected chi connectivity index (χ0v) is 11.9. The summed E-state index contributed by atoms with van der Waals surface area (Å²) in [6.45, 7) is 2.63. The van der Waals surface area contributed by atoms with E-state index in [1.807, 2.05) is 18.2 Å². The smallest absolute Gasteiger partial charge is 0.254 e. The Hall–Kier alpha value is -1.59. The van der Waals surface area contributed by atoms with E-state index < -0.39 is 0 Å². The lowest BCUT2D eigenvalue weighted by Crippen LogP contribution is -2.31. The van der Waals surface area contributed by atoms with Crippen LogP contribution in [0.4, 0.5) is 0 Å². The molecule has 0 aliphatic carbocycles. The SMILES string of the molecule is COCCCOc1cccc(C(=O)N2CC[C@@H](N)C2)c1. The maximum atomic E-state index is 12.3. The van der Waals surface area contributed by atoms with Crippen LogP contribution in [0.1, 0.15) is 23.2 Å². The number of ether oxygens (including phenoxy) is 2. The maximum absolute atomic E-state index is 12.3. The van der Waals surface area contributed by atoms with Gasteiger partial charge < -0.3 is 20.1 Å². The lowest BCUT2D eigenvalue weighted by molar-refractivity contribution is 0.0790. The first kappa shape index (κ1) is 14.8. The molecule has 2 N–H and O–H groups in total. The molecular weight excluding hydrogens is 256 g/mol. The number of carbonyl (C=O) groups excluding carboxylic acids is 1. The predicted molar refractivity (Wildman–Crippen MR) is 76.9 cm³/mol. The summed E-state index contributed by atoms with van der Waals surface area (Å²) in [6, 6.07) is 7.41. The minimum Gasteiger partial charge on any atom is -0.493 e. The van der Waals surface area contributed by atoms with Crippen molar-refractivity contribution in [2.75, 3.05) is 33.4 Å². The molecule has 0 saturated carbocycles. The Labute approximate surface area is 119 Å². The van der Waals surface area contributed by atoms with Crippen LogP contribution in [0.15, 0.2) is 24.3 Å². The van der Waals surface area contributed by atoms with Gasteiger partial charge in [-0.2, -0.15) is 0 Å². The Bertz CT molecular complexity index is 450. The van der Waals surface area contributed by atoms with Crippen molar-refractivity contribution in [3.8, 4) is 5.75 Å². The van der Waals surface area contributed by atoms with Crippen LogP contribution in [0.25, 0.3) is 0 Å². The Balaban J connectivity index is 1.93. The molecule has 20 heavy (non-hydrogen) atoms. The highest BCUT2D eigenvalue weighted by atomic mass is 16.5. The minimum absolute atomic E-state index is 0.0280. The highest BCUT2D eigenvalue weighted by Crippen LogP contribution is 2.17. The number of hydrogen-bond donors (Lipinski definition) is 1. The van der Waals surface area contributed by atoms with Gasteiger partial charge in [-0.15, -0.1) is 0 Å². The van der Waals surface area contributed by atoms with Gasteiger partial charge >= 0.3 is 0 Å². The number of amides is 1. The van der Waals surface area contributed by atoms with Gasteiger partial charge in [-0.1, -0.05) is 6.07 Å². The second-order valence-corrected chi connectivity index (χ2v) is 5.02. The molecule has 2 rings (SSSR count). The third-order valence-corrected chi connectivity index (χ3v) is 3.35. The van der Waals surface area contributed by atoms with Crippen molar-refractivity contribution in [1.29, 1.82) is 0 Å². The normalized spacial score (nSPS) is 18.3. The summed E-state index contributed by atoms with van der Waals surface area (Å²) in [7, 11) is 1.67. The van der Waals surface area contributed by atoms with Gasteiger partial charge in [-0.05, 0) is 24.6 Å². The standard InChI is InChI=1S/C15H22N2O3/c1-19-8-3-9-20-14-5-2-4-12(10-14)15(18)17-7-6-13(16)11-17/h2,4-5,10,13H,3,6-9,11,16H2,1H3/t13-/m1/s1. The molecule has 0 bridgehead atoms. The van der Waals surface area contributed by atoms with Gasteiger partial charge in [-0.25, -0.2) is 0 Å². The van der Waals surface area contributed by atoms with E-state index in [0.29, 0.717) is 25.3 Å². The monoisotopic (exact) mass is 278 g/mol. The number of rotatable bonds is 6. The van der Waals surface area contributed by atoms with Crippen LogP contribution < -0.4 is 10.5 Å². The van der Waals surface area contributed by atoms with E-state index in [-0.39, 0.29) is 11.9 Å². The van der Waals surface area contributed by atoms with Crippen LogP contribution in [0.5, 0.6) is 5.75 Å². The molecule has 0 spiro atoms. The minimum atomic E-state index is 0.0280. The lowest BCUT2D eigenvalue weighted by Gasteiger charge is -2.16. The van der Waals surface area contributed by atoms with Crippen molar-refractivity contribution >= 4 is 5.91 Å². The van der Waals surface area contributed by atoms with Gasteiger partial charge in [0.1, 0.15) is 5.75 Å². The van der Waals surface area contributed by atoms with E-state index in [4.69, 9.17) is 15.2 Å². The molecular formula is C15H22N2O3. The third kappa shape index (κ3) is 3.95. The van der Waals surface area contributed by atoms with Gasteiger partial charge in [0.25, 0.3) is 5.91 Å². The van der Waals surface area contributed by atoms with Crippen LogP contribution in [0.2, 0.25) is 0 Å². The van der Waals surface area contributed by atoms with Crippen molar-refractivity contribution in [3.05, 3.63) is 29.8 Å². The summed E-state index contributed by atoms with van der Waals surface area (Å²) in [5.74, 6) is 0.746. The first-order chi connectivity index (χ1) is 9.70. The van der Waals surface area contributed by atoms with Crippen LogP contribution in [-0.4, -0.2) is 50.3 Å². The predicted octanol–water partition coefficient (Wildman–Crippen LogP) is 1.28. The summed E-state index contributed by atoms with van der Waals surface area (Å²) >= 11 is 0. The number of benzene rings is 1. The summed E-state index contributed by atoms with van der Waals surface area (Å²) < 4.78 is 10.6. The summed E-state index contributed by atoms with van der Waals surface area (Å²) in [5, 5.41) is 0. The highest BCUT2D eigenvalue weighted by molar-refractivity contribution is 5.94. The van der Waals surface area contributed by atoms with Crippen molar-refractivity contribution < 1.29 is 14.3 Å². The van der Waals surface area contributed by atoms with Crippen molar-refractivity contribution in [3.63, 3.8) is 0 Å². The molecule has 1 saturated heterocycles. The number of hydrogen-bond acceptors (Lipinski definition) is 4. The maximum Gasteiger partial charge on any atom is 0.254 e. The van der Waals surface area contributed by atoms with Gasteiger partial charge in [0.2, 0.25) is 0 Å². The fourth-order valence-corrected chi connectivity index (χ4v) is 2.27. The van der Waals surface area contributed by atoms with Crippen molar-refractivity contribution in [1.82, 2.24) is 4.90 Å². The summed E-state index contributed by atoms with van der Waals surface area (Å²) in [4.78, 5) is 14.1. The molecule has 1 aliphatic heterocycles. The fraction of sp³-hybridized carbons (Fsp3) is 0.533. The van der Waals surface area contributed by atoms with Crippen molar-refractivity contribution in [2.24, 2.45) is 5.73 Å². The average Bonchev–Trinajstić information content (AvgIpc) is 2.90. The first-order valence-electron chi connectivity index (χ1n) is 6.97. The van der Waals surface area contributed by atoms with Gasteiger partial charge in [0, 0.05) is 44.8 Å². The molecule has 0 aromatic heterocycles. The molecule has 1 aromatic rings. The fourth-order valence-electron chi connectivity index (χ4n) is 2.27. The van der Waals surface area contributed by atoms with Gasteiger partial charge in [0.15, 0.2) is 0 Å². The van der Waals surface area contributed by atoms with Crippen molar-refractivity contribution in [2.45, 2.75) is 18.9 Å². The van der Waals surface area contributed by atoms with Crippen LogP contribution in [0, 0.1) is 0 Å². The lowest BCUT2D eigenvalue weighted by atomic mass is 10.2. The molecule has 1 aromatic carbocycles. The molecule has 5 nitrogen and oxygen atoms in total. The summed E-state index contributed by atoms with van der Waals surface area (Å²) in [5.41, 5.74) is 6.49. The number of methoxy groups -OCH3 is 1. The Morgan fingerprint density at radius 2 is 2.30 bits per heavy atom.